The SMILES string of the molecule is O=C(N/N=C\C=C\c1ccc([N+](=O)[O-])o1)c1ccccc1. The Morgan fingerprint density at radius 2 is 2.00 bits per heavy atom. The van der Waals surface area contributed by atoms with E-state index in [0.717, 1.165) is 0 Å². The highest BCUT2D eigenvalue weighted by molar-refractivity contribution is 5.94. The highest BCUT2D eigenvalue weighted by Gasteiger charge is 2.09. The van der Waals surface area contributed by atoms with Crippen LogP contribution in [0.25, 0.3) is 6.08 Å². The average Bonchev–Trinajstić information content (AvgIpc) is 2.97. The third kappa shape index (κ3) is 4.13. The van der Waals surface area contributed by atoms with Gasteiger partial charge in [0.2, 0.25) is 0 Å². The van der Waals surface area contributed by atoms with Gasteiger partial charge in [0.05, 0.1) is 6.07 Å². The first-order valence-electron chi connectivity index (χ1n) is 5.96. The molecule has 0 saturated heterocycles. The predicted octanol–water partition coefficient (Wildman–Crippen LogP) is 2.62. The summed E-state index contributed by atoms with van der Waals surface area (Å²) in [6.07, 6.45) is 4.33. The zero-order valence-corrected chi connectivity index (χ0v) is 10.8. The molecular weight excluding hydrogens is 274 g/mol. The van der Waals surface area contributed by atoms with Crippen molar-refractivity contribution in [2.75, 3.05) is 0 Å². The summed E-state index contributed by atoms with van der Waals surface area (Å²) in [5.41, 5.74) is 2.85. The van der Waals surface area contributed by atoms with Crippen LogP contribution >= 0.6 is 0 Å². The van der Waals surface area contributed by atoms with Gasteiger partial charge in [-0.3, -0.25) is 14.9 Å². The summed E-state index contributed by atoms with van der Waals surface area (Å²) in [5.74, 6) is -0.333. The Morgan fingerprint density at radius 3 is 2.67 bits per heavy atom. The Kier molecular flexibility index (Phi) is 4.60. The van der Waals surface area contributed by atoms with Gasteiger partial charge in [-0.25, -0.2) is 5.43 Å². The molecular formula is C14H11N3O4. The molecule has 0 aliphatic carbocycles. The van der Waals surface area contributed by atoms with E-state index in [1.54, 1.807) is 24.3 Å². The fourth-order valence-corrected chi connectivity index (χ4v) is 1.46. The molecule has 0 bridgehead atoms. The van der Waals surface area contributed by atoms with Gasteiger partial charge in [-0.1, -0.05) is 18.2 Å². The van der Waals surface area contributed by atoms with Gasteiger partial charge in [0.25, 0.3) is 5.91 Å². The van der Waals surface area contributed by atoms with Gasteiger partial charge in [-0.15, -0.1) is 0 Å². The second-order valence-electron chi connectivity index (χ2n) is 3.88. The van der Waals surface area contributed by atoms with Gasteiger partial charge in [-0.2, -0.15) is 5.10 Å². The molecule has 0 unspecified atom stereocenters. The van der Waals surface area contributed by atoms with Gasteiger partial charge < -0.3 is 4.42 Å². The molecule has 21 heavy (non-hydrogen) atoms. The average molecular weight is 285 g/mol. The van der Waals surface area contributed by atoms with Crippen molar-refractivity contribution in [2.24, 2.45) is 5.10 Å². The molecule has 1 N–H and O–H groups in total. The normalized spacial score (nSPS) is 11.0. The highest BCUT2D eigenvalue weighted by atomic mass is 16.6. The van der Waals surface area contributed by atoms with Crippen LogP contribution in [-0.2, 0) is 0 Å². The summed E-state index contributed by atoms with van der Waals surface area (Å²) in [6, 6.07) is 11.4. The summed E-state index contributed by atoms with van der Waals surface area (Å²) in [7, 11) is 0. The third-order valence-electron chi connectivity index (χ3n) is 2.42. The molecule has 1 amide bonds. The van der Waals surface area contributed by atoms with Crippen LogP contribution in [0.4, 0.5) is 5.88 Å². The van der Waals surface area contributed by atoms with Crippen LogP contribution in [0.15, 0.2) is 58.1 Å². The predicted molar refractivity (Wildman–Crippen MR) is 76.8 cm³/mol. The quantitative estimate of drug-likeness (QED) is 0.518. The molecule has 1 aromatic heterocycles. The molecule has 0 atom stereocenters. The number of nitrogens with one attached hydrogen (secondary N) is 1. The van der Waals surface area contributed by atoms with E-state index >= 15 is 0 Å². The van der Waals surface area contributed by atoms with E-state index in [9.17, 15) is 14.9 Å². The molecule has 7 nitrogen and oxygen atoms in total. The first kappa shape index (κ1) is 14.2. The fourth-order valence-electron chi connectivity index (χ4n) is 1.46. The number of carbonyl (C=O) groups excluding carboxylic acids is 1. The molecule has 1 heterocycles. The van der Waals surface area contributed by atoms with Gasteiger partial charge in [0, 0.05) is 11.8 Å². The molecule has 7 heteroatoms. The van der Waals surface area contributed by atoms with Crippen molar-refractivity contribution >= 4 is 24.1 Å². The first-order chi connectivity index (χ1) is 10.2. The smallest absolute Gasteiger partial charge is 0.401 e. The Bertz CT molecular complexity index is 689. The van der Waals surface area contributed by atoms with Crippen LogP contribution in [0, 0.1) is 10.1 Å². The van der Waals surface area contributed by atoms with Crippen LogP contribution in [0.2, 0.25) is 0 Å². The zero-order valence-electron chi connectivity index (χ0n) is 10.8. The molecule has 0 saturated carbocycles. The van der Waals surface area contributed by atoms with Crippen molar-refractivity contribution in [3.63, 3.8) is 0 Å². The number of hydrazone groups is 1. The maximum absolute atomic E-state index is 11.6. The number of nitrogens with zero attached hydrogens (tertiary/aromatic N) is 2. The summed E-state index contributed by atoms with van der Waals surface area (Å²) in [6.45, 7) is 0. The Balaban J connectivity index is 1.86. The van der Waals surface area contributed by atoms with Crippen LogP contribution in [-0.4, -0.2) is 17.0 Å². The van der Waals surface area contributed by atoms with Gasteiger partial charge in [0.15, 0.2) is 0 Å². The Morgan fingerprint density at radius 1 is 1.24 bits per heavy atom. The van der Waals surface area contributed by atoms with E-state index in [-0.39, 0.29) is 11.8 Å². The maximum Gasteiger partial charge on any atom is 0.433 e. The number of benzene rings is 1. The monoisotopic (exact) mass is 285 g/mol. The molecule has 2 rings (SSSR count). The lowest BCUT2D eigenvalue weighted by atomic mass is 10.2. The number of nitro groups is 1. The second kappa shape index (κ2) is 6.80. The molecule has 0 aliphatic heterocycles. The maximum atomic E-state index is 11.6. The molecule has 0 radical (unpaired) electrons. The van der Waals surface area contributed by atoms with E-state index in [2.05, 4.69) is 10.5 Å². The van der Waals surface area contributed by atoms with Crippen molar-refractivity contribution in [3.8, 4) is 0 Å². The van der Waals surface area contributed by atoms with E-state index in [1.165, 1.54) is 30.5 Å². The number of amides is 1. The largest absolute Gasteiger partial charge is 0.433 e. The Labute approximate surface area is 119 Å². The lowest BCUT2D eigenvalue weighted by Gasteiger charge is -1.97. The second-order valence-corrected chi connectivity index (χ2v) is 3.88. The molecule has 0 fully saturated rings. The number of hydrogen-bond acceptors (Lipinski definition) is 5. The van der Waals surface area contributed by atoms with Crippen LogP contribution in [0.3, 0.4) is 0 Å². The molecule has 106 valence electrons. The third-order valence-corrected chi connectivity index (χ3v) is 2.42. The fraction of sp³-hybridized carbons (Fsp3) is 0. The number of hydrogen-bond donors (Lipinski definition) is 1. The highest BCUT2D eigenvalue weighted by Crippen LogP contribution is 2.16. The van der Waals surface area contributed by atoms with Gasteiger partial charge >= 0.3 is 5.88 Å². The van der Waals surface area contributed by atoms with Crippen molar-refractivity contribution in [1.82, 2.24) is 5.43 Å². The number of allylic oxidation sites excluding steroid dienone is 1. The number of furan rings is 1. The van der Waals surface area contributed by atoms with Gasteiger partial charge in [0.1, 0.15) is 10.7 Å². The van der Waals surface area contributed by atoms with E-state index in [0.29, 0.717) is 11.3 Å². The van der Waals surface area contributed by atoms with Crippen LogP contribution < -0.4 is 5.43 Å². The summed E-state index contributed by atoms with van der Waals surface area (Å²) < 4.78 is 4.91. The standard InChI is InChI=1S/C14H11N3O4/c18-14(11-5-2-1-3-6-11)16-15-10-4-7-12-8-9-13(21-12)17(19)20/h1-10H,(H,16,18)/b7-4+,15-10-. The van der Waals surface area contributed by atoms with Crippen molar-refractivity contribution < 1.29 is 14.1 Å². The summed E-state index contributed by atoms with van der Waals surface area (Å²) in [4.78, 5) is 21.4. The van der Waals surface area contributed by atoms with E-state index in [4.69, 9.17) is 4.42 Å². The van der Waals surface area contributed by atoms with Crippen LogP contribution in [0.5, 0.6) is 0 Å². The minimum atomic E-state index is -0.620. The first-order valence-corrected chi connectivity index (χ1v) is 5.96. The van der Waals surface area contributed by atoms with Crippen molar-refractivity contribution in [2.45, 2.75) is 0 Å². The number of carbonyl (C=O) groups is 1. The van der Waals surface area contributed by atoms with Crippen LogP contribution in [0.1, 0.15) is 16.1 Å². The number of rotatable bonds is 5. The van der Waals surface area contributed by atoms with E-state index in [1.807, 2.05) is 6.07 Å². The van der Waals surface area contributed by atoms with E-state index < -0.39 is 4.92 Å². The topological polar surface area (TPSA) is 97.7 Å². The minimum Gasteiger partial charge on any atom is -0.401 e. The lowest BCUT2D eigenvalue weighted by molar-refractivity contribution is -0.402. The van der Waals surface area contributed by atoms with Gasteiger partial charge in [-0.05, 0) is 30.4 Å². The van der Waals surface area contributed by atoms with Crippen molar-refractivity contribution in [3.05, 3.63) is 70.0 Å². The molecule has 0 aliphatic rings. The molecule has 1 aromatic carbocycles. The zero-order chi connectivity index (χ0) is 15.1. The van der Waals surface area contributed by atoms with Crippen molar-refractivity contribution in [1.29, 1.82) is 0 Å². The lowest BCUT2D eigenvalue weighted by Crippen LogP contribution is -2.16. The summed E-state index contributed by atoms with van der Waals surface area (Å²) >= 11 is 0. The Hall–Kier alpha value is -3.22. The summed E-state index contributed by atoms with van der Waals surface area (Å²) in [5, 5.41) is 14.1. The minimum absolute atomic E-state index is 0.322. The molecule has 2 aromatic rings. The molecule has 0 spiro atoms.